The van der Waals surface area contributed by atoms with Crippen LogP contribution in [0.4, 0.5) is 13.2 Å². The van der Waals surface area contributed by atoms with Crippen LogP contribution in [-0.4, -0.2) is 27.4 Å². The Kier molecular flexibility index (Phi) is 4.10. The number of carbonyl (C=O) groups excluding carboxylic acids is 1. The number of halogens is 3. The number of hydrogen-bond donors (Lipinski definition) is 3. The van der Waals surface area contributed by atoms with Crippen molar-refractivity contribution in [2.24, 2.45) is 0 Å². The van der Waals surface area contributed by atoms with Crippen LogP contribution in [0.3, 0.4) is 0 Å². The molecule has 3 N–H and O–H groups in total. The summed E-state index contributed by atoms with van der Waals surface area (Å²) >= 11 is 0. The van der Waals surface area contributed by atoms with Crippen molar-refractivity contribution >= 4 is 5.91 Å². The highest BCUT2D eigenvalue weighted by atomic mass is 19.4. The highest BCUT2D eigenvalue weighted by molar-refractivity contribution is 5.93. The van der Waals surface area contributed by atoms with Crippen LogP contribution in [0.25, 0.3) is 0 Å². The van der Waals surface area contributed by atoms with Gasteiger partial charge in [-0.3, -0.25) is 9.59 Å². The molecule has 21 heavy (non-hydrogen) atoms. The minimum Gasteiger partial charge on any atom is -0.351 e. The van der Waals surface area contributed by atoms with E-state index in [-0.39, 0.29) is 12.1 Å². The van der Waals surface area contributed by atoms with Crippen molar-refractivity contribution in [3.05, 3.63) is 52.0 Å². The SMILES string of the molecule is O=C(NCCc1cnc[nH]1)c1ccc(C(F)(F)F)[nH]c1=O. The Morgan fingerprint density at radius 1 is 1.33 bits per heavy atom. The Morgan fingerprint density at radius 3 is 2.67 bits per heavy atom. The van der Waals surface area contributed by atoms with Gasteiger partial charge in [0.2, 0.25) is 0 Å². The van der Waals surface area contributed by atoms with Crippen LogP contribution in [-0.2, 0) is 12.6 Å². The van der Waals surface area contributed by atoms with Crippen LogP contribution >= 0.6 is 0 Å². The van der Waals surface area contributed by atoms with Crippen molar-refractivity contribution in [2.75, 3.05) is 6.54 Å². The maximum Gasteiger partial charge on any atom is 0.431 e. The topological polar surface area (TPSA) is 90.6 Å². The van der Waals surface area contributed by atoms with Gasteiger partial charge in [-0.15, -0.1) is 0 Å². The van der Waals surface area contributed by atoms with Gasteiger partial charge >= 0.3 is 6.18 Å². The van der Waals surface area contributed by atoms with Gasteiger partial charge in [0.1, 0.15) is 11.3 Å². The van der Waals surface area contributed by atoms with Crippen molar-refractivity contribution in [3.63, 3.8) is 0 Å². The first-order chi connectivity index (χ1) is 9.88. The summed E-state index contributed by atoms with van der Waals surface area (Å²) in [7, 11) is 0. The lowest BCUT2D eigenvalue weighted by molar-refractivity contribution is -0.141. The molecule has 2 rings (SSSR count). The van der Waals surface area contributed by atoms with Gasteiger partial charge in [-0.25, -0.2) is 4.98 Å². The van der Waals surface area contributed by atoms with E-state index in [4.69, 9.17) is 0 Å². The summed E-state index contributed by atoms with van der Waals surface area (Å²) in [5.41, 5.74) is -1.85. The summed E-state index contributed by atoms with van der Waals surface area (Å²) in [6, 6.07) is 1.51. The van der Waals surface area contributed by atoms with Crippen molar-refractivity contribution in [3.8, 4) is 0 Å². The molecule has 0 bridgehead atoms. The third kappa shape index (κ3) is 3.71. The quantitative estimate of drug-likeness (QED) is 0.789. The Bertz CT molecular complexity index is 677. The molecule has 0 atom stereocenters. The summed E-state index contributed by atoms with van der Waals surface area (Å²) in [4.78, 5) is 31.5. The van der Waals surface area contributed by atoms with Crippen LogP contribution in [0.1, 0.15) is 21.7 Å². The van der Waals surface area contributed by atoms with Crippen molar-refractivity contribution < 1.29 is 18.0 Å². The lowest BCUT2D eigenvalue weighted by atomic mass is 10.2. The van der Waals surface area contributed by atoms with Crippen LogP contribution in [0, 0.1) is 0 Å². The average Bonchev–Trinajstić information content (AvgIpc) is 2.90. The van der Waals surface area contributed by atoms with E-state index in [9.17, 15) is 22.8 Å². The minimum atomic E-state index is -4.66. The second kappa shape index (κ2) is 5.81. The number of nitrogens with zero attached hydrogens (tertiary/aromatic N) is 1. The number of imidazole rings is 1. The van der Waals surface area contributed by atoms with E-state index in [1.54, 1.807) is 11.2 Å². The summed E-state index contributed by atoms with van der Waals surface area (Å²) in [6.45, 7) is 0.224. The number of nitrogens with one attached hydrogen (secondary N) is 3. The molecular formula is C12H11F3N4O2. The zero-order valence-electron chi connectivity index (χ0n) is 10.6. The van der Waals surface area contributed by atoms with Gasteiger partial charge in [-0.05, 0) is 12.1 Å². The number of alkyl halides is 3. The lowest BCUT2D eigenvalue weighted by Crippen LogP contribution is -2.32. The summed E-state index contributed by atoms with van der Waals surface area (Å²) in [5.74, 6) is -0.732. The number of pyridine rings is 1. The molecule has 0 spiro atoms. The first-order valence-electron chi connectivity index (χ1n) is 5.94. The fourth-order valence-electron chi connectivity index (χ4n) is 1.65. The maximum atomic E-state index is 12.4. The Labute approximate surface area is 116 Å². The van der Waals surface area contributed by atoms with E-state index in [0.717, 1.165) is 11.8 Å². The minimum absolute atomic E-state index is 0.224. The van der Waals surface area contributed by atoms with E-state index >= 15 is 0 Å². The van der Waals surface area contributed by atoms with Crippen molar-refractivity contribution in [2.45, 2.75) is 12.6 Å². The summed E-state index contributed by atoms with van der Waals surface area (Å²) in [6.07, 6.45) is -1.13. The van der Waals surface area contributed by atoms with Crippen LogP contribution in [0.2, 0.25) is 0 Å². The molecule has 1 amide bonds. The molecule has 112 valence electrons. The molecule has 0 unspecified atom stereocenters. The van der Waals surface area contributed by atoms with Gasteiger partial charge < -0.3 is 15.3 Å². The molecular weight excluding hydrogens is 289 g/mol. The van der Waals surface area contributed by atoms with Crippen LogP contribution in [0.15, 0.2) is 29.5 Å². The fraction of sp³-hybridized carbons (Fsp3) is 0.250. The molecule has 0 fully saturated rings. The third-order valence-corrected chi connectivity index (χ3v) is 2.69. The monoisotopic (exact) mass is 300 g/mol. The first-order valence-corrected chi connectivity index (χ1v) is 5.94. The number of H-pyrrole nitrogens is 2. The van der Waals surface area contributed by atoms with Gasteiger partial charge in [0.25, 0.3) is 11.5 Å². The Balaban J connectivity index is 2.01. The normalized spacial score (nSPS) is 11.4. The van der Waals surface area contributed by atoms with E-state index in [0.29, 0.717) is 12.5 Å². The molecule has 0 aliphatic rings. The fourth-order valence-corrected chi connectivity index (χ4v) is 1.65. The highest BCUT2D eigenvalue weighted by Crippen LogP contribution is 2.26. The number of aromatic nitrogens is 3. The molecule has 9 heteroatoms. The number of rotatable bonds is 4. The van der Waals surface area contributed by atoms with Crippen molar-refractivity contribution in [1.82, 2.24) is 20.3 Å². The molecule has 2 heterocycles. The van der Waals surface area contributed by atoms with E-state index in [2.05, 4.69) is 15.3 Å². The molecule has 0 aliphatic heterocycles. The second-order valence-electron chi connectivity index (χ2n) is 4.20. The van der Waals surface area contributed by atoms with E-state index in [1.165, 1.54) is 6.33 Å². The predicted octanol–water partition coefficient (Wildman–Crippen LogP) is 1.09. The Morgan fingerprint density at radius 2 is 2.10 bits per heavy atom. The number of aromatic amines is 2. The van der Waals surface area contributed by atoms with Gasteiger partial charge in [0, 0.05) is 24.9 Å². The van der Waals surface area contributed by atoms with Gasteiger partial charge in [0.05, 0.1) is 6.33 Å². The lowest BCUT2D eigenvalue weighted by Gasteiger charge is -2.07. The Hall–Kier alpha value is -2.58. The largest absolute Gasteiger partial charge is 0.431 e. The molecule has 2 aromatic rings. The third-order valence-electron chi connectivity index (χ3n) is 2.69. The van der Waals surface area contributed by atoms with Crippen molar-refractivity contribution in [1.29, 1.82) is 0 Å². The van der Waals surface area contributed by atoms with Crippen LogP contribution < -0.4 is 10.9 Å². The molecule has 0 radical (unpaired) electrons. The summed E-state index contributed by atoms with van der Waals surface area (Å²) < 4.78 is 37.1. The molecule has 0 aromatic carbocycles. The standard InChI is InChI=1S/C12H11F3N4O2/c13-12(14,15)9-2-1-8(11(21)19-9)10(20)17-4-3-7-5-16-6-18-7/h1-2,5-6H,3-4H2,(H,16,18)(H,17,20)(H,19,21). The van der Waals surface area contributed by atoms with E-state index in [1.807, 2.05) is 0 Å². The van der Waals surface area contributed by atoms with Gasteiger partial charge in [-0.2, -0.15) is 13.2 Å². The molecule has 0 saturated heterocycles. The maximum absolute atomic E-state index is 12.4. The first kappa shape index (κ1) is 14.8. The number of amides is 1. The zero-order chi connectivity index (χ0) is 15.5. The zero-order valence-corrected chi connectivity index (χ0v) is 10.6. The number of carbonyl (C=O) groups is 1. The smallest absolute Gasteiger partial charge is 0.351 e. The highest BCUT2D eigenvalue weighted by Gasteiger charge is 2.32. The molecule has 2 aromatic heterocycles. The average molecular weight is 300 g/mol. The van der Waals surface area contributed by atoms with Gasteiger partial charge in [-0.1, -0.05) is 0 Å². The number of hydrogen-bond acceptors (Lipinski definition) is 3. The molecule has 0 aliphatic carbocycles. The molecule has 0 saturated carbocycles. The predicted molar refractivity (Wildman–Crippen MR) is 66.7 cm³/mol. The molecule has 6 nitrogen and oxygen atoms in total. The van der Waals surface area contributed by atoms with E-state index < -0.39 is 23.3 Å². The summed E-state index contributed by atoms with van der Waals surface area (Å²) in [5, 5.41) is 2.45. The second-order valence-corrected chi connectivity index (χ2v) is 4.20. The van der Waals surface area contributed by atoms with Gasteiger partial charge in [0.15, 0.2) is 0 Å². The van der Waals surface area contributed by atoms with Crippen LogP contribution in [0.5, 0.6) is 0 Å².